The first-order valence-electron chi connectivity index (χ1n) is 11.8. The van der Waals surface area contributed by atoms with Crippen LogP contribution in [-0.2, 0) is 4.74 Å². The second-order valence-corrected chi connectivity index (χ2v) is 8.94. The number of ether oxygens (including phenoxy) is 1. The van der Waals surface area contributed by atoms with Crippen molar-refractivity contribution in [3.8, 4) is 5.69 Å². The average Bonchev–Trinajstić information content (AvgIpc) is 3.65. The van der Waals surface area contributed by atoms with Crippen LogP contribution < -0.4 is 5.32 Å². The Morgan fingerprint density at radius 1 is 1.14 bits per heavy atom. The SMILES string of the molecule is [C-]#[N+]c1cccc(-n2nc(C)cc2C(=O)Nc2cccc(C(OCC3CC3)c3ccccc3)c2F)c1. The predicted molar refractivity (Wildman–Crippen MR) is 136 cm³/mol. The predicted octanol–water partition coefficient (Wildman–Crippen LogP) is 6.64. The molecule has 1 amide bonds. The average molecular weight is 481 g/mol. The monoisotopic (exact) mass is 480 g/mol. The van der Waals surface area contributed by atoms with Crippen molar-refractivity contribution in [1.82, 2.24) is 9.78 Å². The van der Waals surface area contributed by atoms with E-state index in [1.165, 1.54) is 10.7 Å². The Morgan fingerprint density at radius 3 is 2.67 bits per heavy atom. The molecule has 1 aliphatic rings. The van der Waals surface area contributed by atoms with Crippen LogP contribution in [0.15, 0.2) is 78.9 Å². The summed E-state index contributed by atoms with van der Waals surface area (Å²) in [6, 6.07) is 23.0. The van der Waals surface area contributed by atoms with E-state index in [0.717, 1.165) is 18.4 Å². The van der Waals surface area contributed by atoms with Crippen LogP contribution in [0.25, 0.3) is 10.5 Å². The van der Waals surface area contributed by atoms with Gasteiger partial charge in [-0.1, -0.05) is 54.6 Å². The maximum absolute atomic E-state index is 15.8. The fourth-order valence-electron chi connectivity index (χ4n) is 4.10. The van der Waals surface area contributed by atoms with Crippen LogP contribution in [0.4, 0.5) is 15.8 Å². The van der Waals surface area contributed by atoms with Crippen molar-refractivity contribution in [2.75, 3.05) is 11.9 Å². The lowest BCUT2D eigenvalue weighted by atomic mass is 10.00. The van der Waals surface area contributed by atoms with Crippen molar-refractivity contribution in [2.45, 2.75) is 25.9 Å². The normalized spacial score (nSPS) is 13.7. The number of carbonyl (C=O) groups is 1. The molecule has 0 aliphatic heterocycles. The van der Waals surface area contributed by atoms with Gasteiger partial charge in [0.05, 0.1) is 30.2 Å². The number of nitrogens with one attached hydrogen (secondary N) is 1. The van der Waals surface area contributed by atoms with Gasteiger partial charge in [0.2, 0.25) is 0 Å². The summed E-state index contributed by atoms with van der Waals surface area (Å²) in [6.45, 7) is 9.60. The summed E-state index contributed by atoms with van der Waals surface area (Å²) in [6.07, 6.45) is 1.69. The van der Waals surface area contributed by atoms with E-state index in [0.29, 0.717) is 35.2 Å². The first-order valence-corrected chi connectivity index (χ1v) is 11.8. The Morgan fingerprint density at radius 2 is 1.92 bits per heavy atom. The third-order valence-corrected chi connectivity index (χ3v) is 6.12. The summed E-state index contributed by atoms with van der Waals surface area (Å²) in [5, 5.41) is 7.12. The molecule has 1 N–H and O–H groups in total. The fourth-order valence-corrected chi connectivity index (χ4v) is 4.10. The Hall–Kier alpha value is -4.28. The van der Waals surface area contributed by atoms with Gasteiger partial charge < -0.3 is 10.1 Å². The zero-order chi connectivity index (χ0) is 25.1. The maximum Gasteiger partial charge on any atom is 0.274 e. The molecule has 1 aromatic heterocycles. The summed E-state index contributed by atoms with van der Waals surface area (Å²) < 4.78 is 23.4. The molecule has 6 nitrogen and oxygen atoms in total. The molecule has 7 heteroatoms. The number of nitrogens with zero attached hydrogens (tertiary/aromatic N) is 3. The van der Waals surface area contributed by atoms with E-state index in [9.17, 15) is 4.79 Å². The Bertz CT molecular complexity index is 1440. The van der Waals surface area contributed by atoms with Crippen LogP contribution in [0.1, 0.15) is 46.3 Å². The van der Waals surface area contributed by atoms with Crippen molar-refractivity contribution < 1.29 is 13.9 Å². The highest BCUT2D eigenvalue weighted by molar-refractivity contribution is 6.03. The summed E-state index contributed by atoms with van der Waals surface area (Å²) in [5.74, 6) is -0.518. The van der Waals surface area contributed by atoms with Crippen LogP contribution in [0.5, 0.6) is 0 Å². The molecule has 180 valence electrons. The Labute approximate surface area is 209 Å². The number of halogens is 1. The number of benzene rings is 3. The van der Waals surface area contributed by atoms with Crippen LogP contribution >= 0.6 is 0 Å². The summed E-state index contributed by atoms with van der Waals surface area (Å²) in [5.41, 5.74) is 3.17. The zero-order valence-electron chi connectivity index (χ0n) is 19.8. The van der Waals surface area contributed by atoms with Gasteiger partial charge in [-0.05, 0) is 55.5 Å². The first-order chi connectivity index (χ1) is 17.5. The van der Waals surface area contributed by atoms with Gasteiger partial charge in [-0.3, -0.25) is 4.79 Å². The van der Waals surface area contributed by atoms with Gasteiger partial charge in [0.15, 0.2) is 11.5 Å². The number of hydrogen-bond acceptors (Lipinski definition) is 3. The number of anilines is 1. The third-order valence-electron chi connectivity index (χ3n) is 6.12. The van der Waals surface area contributed by atoms with E-state index in [-0.39, 0.29) is 11.4 Å². The molecule has 0 spiro atoms. The van der Waals surface area contributed by atoms with Crippen molar-refractivity contribution >= 4 is 17.3 Å². The van der Waals surface area contributed by atoms with Gasteiger partial charge in [0, 0.05) is 5.56 Å². The molecule has 1 heterocycles. The minimum absolute atomic E-state index is 0.0637. The molecule has 0 bridgehead atoms. The first kappa shape index (κ1) is 23.5. The van der Waals surface area contributed by atoms with Crippen LogP contribution in [0.2, 0.25) is 0 Å². The van der Waals surface area contributed by atoms with Crippen molar-refractivity contribution in [2.24, 2.45) is 5.92 Å². The standard InChI is InChI=1S/C29H25FN4O2/c1-19-16-26(34(33-19)23-11-6-10-22(17-23)31-2)29(35)32-25-13-7-12-24(27(25)30)28(36-18-20-14-15-20)21-8-4-3-5-9-21/h3-13,16-17,20,28H,14-15,18H2,1H3,(H,32,35). The maximum atomic E-state index is 15.8. The third kappa shape index (κ3) is 5.04. The molecule has 1 unspecified atom stereocenters. The molecule has 0 saturated heterocycles. The Balaban J connectivity index is 1.45. The second-order valence-electron chi connectivity index (χ2n) is 8.94. The lowest BCUT2D eigenvalue weighted by Crippen LogP contribution is -2.19. The molecule has 4 aromatic rings. The molecule has 1 saturated carbocycles. The number of rotatable bonds is 8. The highest BCUT2D eigenvalue weighted by Gasteiger charge is 2.27. The topological polar surface area (TPSA) is 60.5 Å². The van der Waals surface area contributed by atoms with Crippen LogP contribution in [0, 0.1) is 25.2 Å². The Kier molecular flexibility index (Phi) is 6.61. The highest BCUT2D eigenvalue weighted by atomic mass is 19.1. The van der Waals surface area contributed by atoms with Crippen LogP contribution in [-0.4, -0.2) is 22.3 Å². The molecule has 1 atom stereocenters. The van der Waals surface area contributed by atoms with E-state index >= 15 is 4.39 Å². The molecular formula is C29H25FN4O2. The number of aryl methyl sites for hydroxylation is 1. The quantitative estimate of drug-likeness (QED) is 0.288. The van der Waals surface area contributed by atoms with Gasteiger partial charge in [0.1, 0.15) is 11.8 Å². The van der Waals surface area contributed by atoms with E-state index in [1.807, 2.05) is 30.3 Å². The minimum atomic E-state index is -0.576. The highest BCUT2D eigenvalue weighted by Crippen LogP contribution is 2.35. The van der Waals surface area contributed by atoms with E-state index < -0.39 is 17.8 Å². The van der Waals surface area contributed by atoms with E-state index in [2.05, 4.69) is 15.3 Å². The molecule has 3 aromatic carbocycles. The number of hydrogen-bond donors (Lipinski definition) is 1. The van der Waals surface area contributed by atoms with Gasteiger partial charge in [-0.25, -0.2) is 13.9 Å². The number of carbonyl (C=O) groups excluding carboxylic acids is 1. The summed E-state index contributed by atoms with van der Waals surface area (Å²) >= 11 is 0. The lowest BCUT2D eigenvalue weighted by Gasteiger charge is -2.21. The molecule has 5 rings (SSSR count). The lowest BCUT2D eigenvalue weighted by molar-refractivity contribution is 0.0695. The largest absolute Gasteiger partial charge is 0.368 e. The fraction of sp³-hybridized carbons (Fsp3) is 0.207. The van der Waals surface area contributed by atoms with Gasteiger partial charge in [-0.2, -0.15) is 5.10 Å². The van der Waals surface area contributed by atoms with E-state index in [4.69, 9.17) is 11.3 Å². The number of aromatic nitrogens is 2. The smallest absolute Gasteiger partial charge is 0.274 e. The second kappa shape index (κ2) is 10.1. The molecule has 1 aliphatic carbocycles. The van der Waals surface area contributed by atoms with E-state index in [1.54, 1.807) is 49.4 Å². The summed E-state index contributed by atoms with van der Waals surface area (Å²) in [7, 11) is 0. The number of amides is 1. The molecular weight excluding hydrogens is 455 g/mol. The minimum Gasteiger partial charge on any atom is -0.368 e. The molecule has 36 heavy (non-hydrogen) atoms. The van der Waals surface area contributed by atoms with Gasteiger partial charge in [-0.15, -0.1) is 0 Å². The summed E-state index contributed by atoms with van der Waals surface area (Å²) in [4.78, 5) is 16.7. The van der Waals surface area contributed by atoms with Crippen molar-refractivity contribution in [3.63, 3.8) is 0 Å². The van der Waals surface area contributed by atoms with Crippen molar-refractivity contribution in [1.29, 1.82) is 0 Å². The molecule has 1 fully saturated rings. The van der Waals surface area contributed by atoms with Crippen LogP contribution in [0.3, 0.4) is 0 Å². The van der Waals surface area contributed by atoms with Gasteiger partial charge in [0.25, 0.3) is 5.91 Å². The van der Waals surface area contributed by atoms with Gasteiger partial charge >= 0.3 is 0 Å². The molecule has 0 radical (unpaired) electrons. The van der Waals surface area contributed by atoms with Crippen molar-refractivity contribution in [3.05, 3.63) is 119 Å². The zero-order valence-corrected chi connectivity index (χ0v) is 19.8.